The largest absolute Gasteiger partial charge is 0.469 e. The molecule has 5 rings (SSSR count). The van der Waals surface area contributed by atoms with E-state index in [0.29, 0.717) is 5.82 Å². The molecule has 0 N–H and O–H groups in total. The number of nitrogens with zero attached hydrogens (tertiary/aromatic N) is 4. The van der Waals surface area contributed by atoms with E-state index in [1.165, 1.54) is 11.3 Å². The molecule has 0 saturated heterocycles. The summed E-state index contributed by atoms with van der Waals surface area (Å²) in [5.41, 5.74) is 1.85. The zero-order chi connectivity index (χ0) is 15.4. The predicted molar refractivity (Wildman–Crippen MR) is 82.7 cm³/mol. The van der Waals surface area contributed by atoms with Crippen LogP contribution in [0.5, 0.6) is 11.5 Å². The number of ether oxygens (including phenoxy) is 2. The topological polar surface area (TPSA) is 74.7 Å². The molecule has 114 valence electrons. The first-order valence-electron chi connectivity index (χ1n) is 6.96. The fraction of sp³-hybridized carbons (Fsp3) is 0.133. The van der Waals surface area contributed by atoms with Crippen LogP contribution < -0.4 is 9.47 Å². The number of benzene rings is 1. The molecule has 0 bridgehead atoms. The van der Waals surface area contributed by atoms with Crippen molar-refractivity contribution >= 4 is 16.3 Å². The summed E-state index contributed by atoms with van der Waals surface area (Å²) in [6, 6.07) is 7.64. The molecule has 0 amide bonds. The summed E-state index contributed by atoms with van der Waals surface area (Å²) in [6.45, 7) is 2.15. The average molecular weight is 326 g/mol. The third-order valence-corrected chi connectivity index (χ3v) is 4.66. The van der Waals surface area contributed by atoms with E-state index in [1.807, 2.05) is 31.2 Å². The molecule has 0 atom stereocenters. The molecular weight excluding hydrogens is 316 g/mol. The number of hydrogen-bond donors (Lipinski definition) is 0. The molecule has 1 aliphatic rings. The van der Waals surface area contributed by atoms with Crippen molar-refractivity contribution in [2.24, 2.45) is 0 Å². The van der Waals surface area contributed by atoms with Gasteiger partial charge in [0.25, 0.3) is 0 Å². The second-order valence-corrected chi connectivity index (χ2v) is 6.04. The summed E-state index contributed by atoms with van der Waals surface area (Å²) in [7, 11) is 0. The standard InChI is InChI=1S/C15H10N4O3S/c1-8-10(4-5-20-8)13-16-17-15-19(13)18-14(23-15)9-2-3-11-12(6-9)22-7-21-11/h2-6H,7H2,1H3. The molecule has 0 spiro atoms. The SMILES string of the molecule is Cc1occc1-c1nnc2sc(-c3ccc4c(c3)OCO4)nn12. The summed E-state index contributed by atoms with van der Waals surface area (Å²) >= 11 is 1.47. The van der Waals surface area contributed by atoms with Gasteiger partial charge in [-0.25, -0.2) is 0 Å². The predicted octanol–water partition coefficient (Wildman–Crippen LogP) is 3.15. The molecule has 3 aromatic heterocycles. The van der Waals surface area contributed by atoms with Crippen LogP contribution in [-0.2, 0) is 0 Å². The van der Waals surface area contributed by atoms with Crippen molar-refractivity contribution in [3.63, 3.8) is 0 Å². The second kappa shape index (κ2) is 4.56. The zero-order valence-electron chi connectivity index (χ0n) is 12.0. The van der Waals surface area contributed by atoms with Crippen molar-refractivity contribution in [1.82, 2.24) is 19.8 Å². The number of rotatable bonds is 2. The van der Waals surface area contributed by atoms with Crippen LogP contribution in [0.1, 0.15) is 5.76 Å². The molecule has 8 heteroatoms. The molecule has 0 aliphatic carbocycles. The van der Waals surface area contributed by atoms with Gasteiger partial charge in [-0.15, -0.1) is 10.2 Å². The minimum Gasteiger partial charge on any atom is -0.469 e. The first kappa shape index (κ1) is 12.7. The van der Waals surface area contributed by atoms with Gasteiger partial charge in [0.05, 0.1) is 11.8 Å². The van der Waals surface area contributed by atoms with Crippen LogP contribution >= 0.6 is 11.3 Å². The zero-order valence-corrected chi connectivity index (χ0v) is 12.8. The Morgan fingerprint density at radius 2 is 2.04 bits per heavy atom. The fourth-order valence-corrected chi connectivity index (χ4v) is 3.38. The van der Waals surface area contributed by atoms with Gasteiger partial charge in [-0.2, -0.15) is 9.61 Å². The first-order chi connectivity index (χ1) is 11.3. The molecule has 4 aromatic rings. The van der Waals surface area contributed by atoms with Gasteiger partial charge in [0.1, 0.15) is 10.8 Å². The van der Waals surface area contributed by atoms with E-state index < -0.39 is 0 Å². The molecule has 0 fully saturated rings. The van der Waals surface area contributed by atoms with Gasteiger partial charge in [0, 0.05) is 5.56 Å². The highest BCUT2D eigenvalue weighted by Crippen LogP contribution is 2.37. The van der Waals surface area contributed by atoms with Gasteiger partial charge in [0.2, 0.25) is 11.8 Å². The van der Waals surface area contributed by atoms with Gasteiger partial charge in [-0.3, -0.25) is 0 Å². The Bertz CT molecular complexity index is 1030. The van der Waals surface area contributed by atoms with Gasteiger partial charge >= 0.3 is 0 Å². The van der Waals surface area contributed by atoms with E-state index in [-0.39, 0.29) is 6.79 Å². The number of aromatic nitrogens is 4. The minimum atomic E-state index is 0.258. The quantitative estimate of drug-likeness (QED) is 0.563. The van der Waals surface area contributed by atoms with Crippen LogP contribution in [0.2, 0.25) is 0 Å². The van der Waals surface area contributed by atoms with E-state index in [2.05, 4.69) is 15.3 Å². The second-order valence-electron chi connectivity index (χ2n) is 5.08. The summed E-state index contributed by atoms with van der Waals surface area (Å²) in [5, 5.41) is 13.9. The maximum Gasteiger partial charge on any atom is 0.235 e. The summed E-state index contributed by atoms with van der Waals surface area (Å²) in [5.74, 6) is 2.96. The van der Waals surface area contributed by atoms with Gasteiger partial charge in [-0.1, -0.05) is 11.3 Å². The Hall–Kier alpha value is -2.87. The van der Waals surface area contributed by atoms with E-state index >= 15 is 0 Å². The Morgan fingerprint density at radius 1 is 1.13 bits per heavy atom. The van der Waals surface area contributed by atoms with Crippen LogP contribution in [-0.4, -0.2) is 26.6 Å². The Balaban J connectivity index is 1.64. The third-order valence-electron chi connectivity index (χ3n) is 3.71. The molecule has 23 heavy (non-hydrogen) atoms. The average Bonchev–Trinajstić information content (AvgIpc) is 3.29. The van der Waals surface area contributed by atoms with Gasteiger partial charge in [0.15, 0.2) is 17.3 Å². The van der Waals surface area contributed by atoms with Gasteiger partial charge in [-0.05, 0) is 31.2 Å². The number of fused-ring (bicyclic) bond motifs is 2. The lowest BCUT2D eigenvalue weighted by Crippen LogP contribution is -1.92. The molecule has 1 aliphatic heterocycles. The third kappa shape index (κ3) is 1.85. The monoisotopic (exact) mass is 326 g/mol. The van der Waals surface area contributed by atoms with E-state index in [9.17, 15) is 0 Å². The fourth-order valence-electron chi connectivity index (χ4n) is 2.55. The molecule has 0 unspecified atom stereocenters. The number of furan rings is 1. The van der Waals surface area contributed by atoms with Crippen molar-refractivity contribution in [2.45, 2.75) is 6.92 Å². The highest BCUT2D eigenvalue weighted by Gasteiger charge is 2.19. The van der Waals surface area contributed by atoms with Crippen molar-refractivity contribution < 1.29 is 13.9 Å². The highest BCUT2D eigenvalue weighted by molar-refractivity contribution is 7.19. The maximum atomic E-state index is 5.42. The lowest BCUT2D eigenvalue weighted by atomic mass is 10.2. The van der Waals surface area contributed by atoms with E-state index in [0.717, 1.165) is 38.4 Å². The lowest BCUT2D eigenvalue weighted by Gasteiger charge is -1.98. The molecule has 7 nitrogen and oxygen atoms in total. The molecule has 0 radical (unpaired) electrons. The number of hydrogen-bond acceptors (Lipinski definition) is 7. The Labute approximate surface area is 134 Å². The highest BCUT2D eigenvalue weighted by atomic mass is 32.1. The van der Waals surface area contributed by atoms with Crippen LogP contribution in [0.25, 0.3) is 26.9 Å². The van der Waals surface area contributed by atoms with Crippen molar-refractivity contribution in [2.75, 3.05) is 6.79 Å². The van der Waals surface area contributed by atoms with Crippen LogP contribution in [0.3, 0.4) is 0 Å². The minimum absolute atomic E-state index is 0.258. The Morgan fingerprint density at radius 3 is 2.91 bits per heavy atom. The summed E-state index contributed by atoms with van der Waals surface area (Å²) in [4.78, 5) is 0.730. The lowest BCUT2D eigenvalue weighted by molar-refractivity contribution is 0.174. The molecule has 4 heterocycles. The van der Waals surface area contributed by atoms with E-state index in [4.69, 9.17) is 13.9 Å². The van der Waals surface area contributed by atoms with E-state index in [1.54, 1.807) is 10.8 Å². The normalized spacial score (nSPS) is 13.1. The molecular formula is C15H10N4O3S. The number of aryl methyl sites for hydroxylation is 1. The molecule has 1 aromatic carbocycles. The van der Waals surface area contributed by atoms with Crippen LogP contribution in [0.4, 0.5) is 0 Å². The smallest absolute Gasteiger partial charge is 0.235 e. The first-order valence-corrected chi connectivity index (χ1v) is 7.78. The van der Waals surface area contributed by atoms with Crippen molar-refractivity contribution in [3.05, 3.63) is 36.3 Å². The molecule has 0 saturated carbocycles. The maximum absolute atomic E-state index is 5.42. The van der Waals surface area contributed by atoms with Crippen LogP contribution in [0, 0.1) is 6.92 Å². The van der Waals surface area contributed by atoms with Crippen LogP contribution in [0.15, 0.2) is 34.9 Å². The van der Waals surface area contributed by atoms with Gasteiger partial charge < -0.3 is 13.9 Å². The summed E-state index contributed by atoms with van der Waals surface area (Å²) < 4.78 is 17.8. The Kier molecular flexibility index (Phi) is 2.51. The summed E-state index contributed by atoms with van der Waals surface area (Å²) in [6.07, 6.45) is 1.64. The van der Waals surface area contributed by atoms with Crippen molar-refractivity contribution in [3.8, 4) is 33.5 Å². The van der Waals surface area contributed by atoms with Crippen molar-refractivity contribution in [1.29, 1.82) is 0 Å².